The van der Waals surface area contributed by atoms with Crippen molar-refractivity contribution in [2.75, 3.05) is 31.7 Å². The molecule has 0 spiro atoms. The van der Waals surface area contributed by atoms with E-state index in [1.807, 2.05) is 0 Å². The molecule has 47 heavy (non-hydrogen) atoms. The molecule has 15 nitrogen and oxygen atoms in total. The van der Waals surface area contributed by atoms with Crippen LogP contribution < -0.4 is 5.32 Å². The summed E-state index contributed by atoms with van der Waals surface area (Å²) < 4.78 is 38.0. The molecular weight excluding hydrogens is 635 g/mol. The van der Waals surface area contributed by atoms with E-state index in [1.165, 1.54) is 44.2 Å². The lowest BCUT2D eigenvalue weighted by molar-refractivity contribution is -0.383. The molecule has 2 N–H and O–H groups in total. The number of carbonyl (C=O) groups excluding carboxylic acids is 2. The molecule has 0 amide bonds. The Labute approximate surface area is 276 Å². The first-order valence-electron chi connectivity index (χ1n) is 16.8. The van der Waals surface area contributed by atoms with Crippen molar-refractivity contribution in [1.29, 1.82) is 0 Å². The number of hydrogen-bond donors (Lipinski definition) is 2. The molecule has 2 rings (SSSR count). The van der Waals surface area contributed by atoms with Crippen molar-refractivity contribution in [2.24, 2.45) is 0 Å². The molecule has 0 saturated carbocycles. The summed E-state index contributed by atoms with van der Waals surface area (Å²) in [5.41, 5.74) is 0.130. The molecule has 1 unspecified atom stereocenters. The Bertz CT molecular complexity index is 1260. The zero-order valence-corrected chi connectivity index (χ0v) is 28.6. The first kappa shape index (κ1) is 40.0. The number of aromatic nitrogens is 2. The average Bonchev–Trinajstić information content (AvgIpc) is 3.54. The predicted molar refractivity (Wildman–Crippen MR) is 175 cm³/mol. The largest absolute Gasteiger partial charge is 0.472 e. The molecular formula is C31H51N4O11P. The topological polar surface area (TPSA) is 202 Å². The smallest absolute Gasteiger partial charge is 0.462 e. The highest BCUT2D eigenvalue weighted by atomic mass is 31.2. The van der Waals surface area contributed by atoms with Crippen LogP contribution in [0.3, 0.4) is 0 Å². The molecule has 0 bridgehead atoms. The van der Waals surface area contributed by atoms with Crippen LogP contribution in [0.1, 0.15) is 117 Å². The van der Waals surface area contributed by atoms with Crippen LogP contribution >= 0.6 is 7.82 Å². The number of ether oxygens (including phenoxy) is 2. The lowest BCUT2D eigenvalue weighted by atomic mass is 10.1. The minimum atomic E-state index is -4.60. The number of hydrogen-bond acceptors (Lipinski definition) is 13. The van der Waals surface area contributed by atoms with E-state index in [1.54, 1.807) is 0 Å². The van der Waals surface area contributed by atoms with Gasteiger partial charge in [0.05, 0.1) is 23.8 Å². The molecule has 0 radical (unpaired) electrons. The number of phosphoric ester groups is 1. The van der Waals surface area contributed by atoms with Crippen molar-refractivity contribution in [2.45, 2.75) is 123 Å². The van der Waals surface area contributed by atoms with Crippen LogP contribution in [0.25, 0.3) is 11.0 Å². The summed E-state index contributed by atoms with van der Waals surface area (Å²) in [6, 6.07) is 2.63. The van der Waals surface area contributed by atoms with Crippen LogP contribution in [0.4, 0.5) is 11.4 Å². The van der Waals surface area contributed by atoms with Gasteiger partial charge in [-0.15, -0.1) is 0 Å². The highest BCUT2D eigenvalue weighted by molar-refractivity contribution is 7.47. The average molecular weight is 687 g/mol. The van der Waals surface area contributed by atoms with Gasteiger partial charge in [-0.1, -0.05) is 90.9 Å². The van der Waals surface area contributed by atoms with Crippen LogP contribution in [-0.4, -0.2) is 64.5 Å². The molecule has 1 heterocycles. The number of carbonyl (C=O) groups is 2. The van der Waals surface area contributed by atoms with Gasteiger partial charge in [0.15, 0.2) is 11.6 Å². The van der Waals surface area contributed by atoms with E-state index in [9.17, 15) is 29.2 Å². The van der Waals surface area contributed by atoms with Crippen LogP contribution in [0.5, 0.6) is 0 Å². The number of esters is 2. The Morgan fingerprint density at radius 1 is 0.872 bits per heavy atom. The van der Waals surface area contributed by atoms with E-state index in [-0.39, 0.29) is 49.3 Å². The zero-order valence-electron chi connectivity index (χ0n) is 27.7. The molecule has 266 valence electrons. The third-order valence-corrected chi connectivity index (χ3v) is 8.37. The van der Waals surface area contributed by atoms with Gasteiger partial charge in [0, 0.05) is 25.5 Å². The van der Waals surface area contributed by atoms with Crippen molar-refractivity contribution in [1.82, 2.24) is 10.3 Å². The lowest BCUT2D eigenvalue weighted by Gasteiger charge is -2.20. The van der Waals surface area contributed by atoms with Gasteiger partial charge in [0.2, 0.25) is 5.52 Å². The van der Waals surface area contributed by atoms with Crippen molar-refractivity contribution >= 4 is 42.2 Å². The van der Waals surface area contributed by atoms with Crippen molar-refractivity contribution in [3.63, 3.8) is 0 Å². The van der Waals surface area contributed by atoms with Crippen LogP contribution in [0.2, 0.25) is 0 Å². The summed E-state index contributed by atoms with van der Waals surface area (Å²) in [7, 11) is -4.60. The maximum Gasteiger partial charge on any atom is 0.472 e. The predicted octanol–water partition coefficient (Wildman–Crippen LogP) is 7.41. The summed E-state index contributed by atoms with van der Waals surface area (Å²) in [4.78, 5) is 45.6. The second kappa shape index (κ2) is 23.2. The number of unbranched alkanes of at least 4 members (excludes halogenated alkanes) is 12. The van der Waals surface area contributed by atoms with E-state index in [0.29, 0.717) is 18.5 Å². The minimum absolute atomic E-state index is 0.000751. The Balaban J connectivity index is 1.81. The number of phosphoric acid groups is 1. The van der Waals surface area contributed by atoms with E-state index in [2.05, 4.69) is 34.1 Å². The number of nitro benzene ring substituents is 1. The second-order valence-corrected chi connectivity index (χ2v) is 12.9. The first-order chi connectivity index (χ1) is 22.7. The summed E-state index contributed by atoms with van der Waals surface area (Å²) in [6.07, 6.45) is 13.9. The Morgan fingerprint density at radius 3 is 2.06 bits per heavy atom. The quantitative estimate of drug-likeness (QED) is 0.0294. The van der Waals surface area contributed by atoms with Crippen LogP contribution in [0.15, 0.2) is 16.8 Å². The van der Waals surface area contributed by atoms with E-state index in [4.69, 9.17) is 18.5 Å². The van der Waals surface area contributed by atoms with E-state index < -0.39 is 37.4 Å². The maximum absolute atomic E-state index is 12.6. The number of nitrogens with zero attached hydrogens (tertiary/aromatic N) is 3. The van der Waals surface area contributed by atoms with Crippen molar-refractivity contribution in [3.8, 4) is 0 Å². The summed E-state index contributed by atoms with van der Waals surface area (Å²) >= 11 is 0. The van der Waals surface area contributed by atoms with Gasteiger partial charge in [0.1, 0.15) is 6.61 Å². The monoisotopic (exact) mass is 686 g/mol. The third-order valence-electron chi connectivity index (χ3n) is 7.38. The first-order valence-corrected chi connectivity index (χ1v) is 18.3. The molecule has 0 saturated heterocycles. The number of rotatable bonds is 28. The summed E-state index contributed by atoms with van der Waals surface area (Å²) in [5.74, 6) is -0.950. The SMILES string of the molecule is CCCCCCCCCC(=O)OC[C@H](COP(=O)(O)OCCNc1ccc([N+](=O)[O-])c2nonc12)OC(=O)CCCCCCCCC. The molecule has 0 fully saturated rings. The number of nitrogens with one attached hydrogen (secondary N) is 1. The fraction of sp³-hybridized carbons (Fsp3) is 0.742. The molecule has 16 heteroatoms. The number of fused-ring (bicyclic) bond motifs is 1. The molecule has 2 aromatic rings. The van der Waals surface area contributed by atoms with Crippen molar-refractivity contribution < 1.29 is 47.1 Å². The Kier molecular flexibility index (Phi) is 19.8. The third kappa shape index (κ3) is 17.0. The van der Waals surface area contributed by atoms with Gasteiger partial charge >= 0.3 is 25.4 Å². The zero-order chi connectivity index (χ0) is 34.3. The molecule has 0 aliphatic heterocycles. The van der Waals surface area contributed by atoms with Gasteiger partial charge in [-0.25, -0.2) is 9.19 Å². The molecule has 0 aliphatic rings. The molecule has 2 atom stereocenters. The fourth-order valence-corrected chi connectivity index (χ4v) is 5.53. The van der Waals surface area contributed by atoms with Gasteiger partial charge in [0.25, 0.3) is 0 Å². The number of nitro groups is 1. The molecule has 0 aliphatic carbocycles. The van der Waals surface area contributed by atoms with Crippen LogP contribution in [0, 0.1) is 10.1 Å². The van der Waals surface area contributed by atoms with Gasteiger partial charge in [-0.3, -0.25) is 28.8 Å². The Morgan fingerprint density at radius 2 is 1.45 bits per heavy atom. The molecule has 1 aromatic heterocycles. The van der Waals surface area contributed by atoms with Crippen LogP contribution in [-0.2, 0) is 32.7 Å². The Hall–Kier alpha value is -3.13. The normalized spacial score (nSPS) is 13.3. The summed E-state index contributed by atoms with van der Waals surface area (Å²) in [5, 5.41) is 21.3. The number of non-ortho nitro benzene ring substituents is 1. The standard InChI is InChI=1S/C31H51N4O11P/c1-3-5-7-9-11-13-15-17-28(36)42-23-25(45-29(37)18-16-14-12-10-8-6-4-2)24-44-47(40,41)43-22-21-32-26-19-20-27(35(38)39)31-30(26)33-46-34-31/h19-20,25,32H,3-18,21-24H2,1-2H3,(H,40,41)/t25-/m1/s1. The minimum Gasteiger partial charge on any atom is -0.462 e. The summed E-state index contributed by atoms with van der Waals surface area (Å²) in [6.45, 7) is 3.17. The second-order valence-electron chi connectivity index (χ2n) is 11.4. The molecule has 1 aromatic carbocycles. The highest BCUT2D eigenvalue weighted by Crippen LogP contribution is 2.43. The number of benzene rings is 1. The highest BCUT2D eigenvalue weighted by Gasteiger charge is 2.26. The van der Waals surface area contributed by atoms with Gasteiger partial charge in [-0.2, -0.15) is 0 Å². The lowest BCUT2D eigenvalue weighted by Crippen LogP contribution is -2.29. The van der Waals surface area contributed by atoms with Gasteiger partial charge in [-0.05, 0) is 29.2 Å². The number of anilines is 1. The maximum atomic E-state index is 12.6. The fourth-order valence-electron chi connectivity index (χ4n) is 4.78. The van der Waals surface area contributed by atoms with Crippen molar-refractivity contribution in [3.05, 3.63) is 22.2 Å². The van der Waals surface area contributed by atoms with Gasteiger partial charge < -0.3 is 19.7 Å². The van der Waals surface area contributed by atoms with E-state index >= 15 is 0 Å². The van der Waals surface area contributed by atoms with E-state index in [0.717, 1.165) is 44.9 Å².